The Kier molecular flexibility index (Phi) is 5.18. The Bertz CT molecular complexity index is 1070. The van der Waals surface area contributed by atoms with Crippen LogP contribution in [-0.4, -0.2) is 38.2 Å². The number of fused-ring (bicyclic) bond motifs is 3. The maximum absolute atomic E-state index is 12.9. The van der Waals surface area contributed by atoms with E-state index in [9.17, 15) is 13.2 Å². The van der Waals surface area contributed by atoms with Crippen molar-refractivity contribution in [2.45, 2.75) is 42.7 Å². The molecule has 3 atom stereocenters. The van der Waals surface area contributed by atoms with Crippen molar-refractivity contribution in [1.82, 2.24) is 4.72 Å². The number of halogens is 1. The van der Waals surface area contributed by atoms with Crippen molar-refractivity contribution in [3.05, 3.63) is 52.5 Å². The number of sulfonamides is 1. The Balaban J connectivity index is 1.59. The maximum Gasteiger partial charge on any atom is 0.341 e. The van der Waals surface area contributed by atoms with E-state index in [-0.39, 0.29) is 23.0 Å². The highest BCUT2D eigenvalue weighted by atomic mass is 35.5. The molecule has 2 aromatic carbocycles. The largest absolute Gasteiger partial charge is 0.486 e. The van der Waals surface area contributed by atoms with E-state index < -0.39 is 22.6 Å². The molecule has 1 heterocycles. The molecule has 2 aromatic rings. The summed E-state index contributed by atoms with van der Waals surface area (Å²) in [7, 11) is -3.75. The van der Waals surface area contributed by atoms with E-state index in [1.54, 1.807) is 18.2 Å². The Morgan fingerprint density at radius 1 is 1.31 bits per heavy atom. The van der Waals surface area contributed by atoms with Crippen LogP contribution in [0.4, 0.5) is 0 Å². The second-order valence-corrected chi connectivity index (χ2v) is 9.38. The number of carboxylic acids is 1. The fourth-order valence-corrected chi connectivity index (χ4v) is 5.54. The third-order valence-electron chi connectivity index (χ3n) is 5.35. The van der Waals surface area contributed by atoms with Gasteiger partial charge in [0.1, 0.15) is 6.10 Å². The van der Waals surface area contributed by atoms with Gasteiger partial charge in [-0.15, -0.1) is 0 Å². The molecule has 4 rings (SSSR count). The third kappa shape index (κ3) is 3.80. The fraction of sp³-hybridized carbons (Fsp3) is 0.350. The van der Waals surface area contributed by atoms with Gasteiger partial charge in [-0.25, -0.2) is 17.9 Å². The zero-order valence-corrected chi connectivity index (χ0v) is 17.2. The average Bonchev–Trinajstić information content (AvgIpc) is 3.22. The molecule has 1 aliphatic carbocycles. The lowest BCUT2D eigenvalue weighted by molar-refractivity contribution is -0.139. The van der Waals surface area contributed by atoms with Gasteiger partial charge in [-0.1, -0.05) is 29.8 Å². The molecule has 154 valence electrons. The molecule has 0 saturated heterocycles. The first-order valence-corrected chi connectivity index (χ1v) is 11.0. The standard InChI is InChI=1S/C20H20ClNO6S/c1-11-5-6-12(9-14(11)21)29(25,26)22-15-7-8-16-19(15)13-3-2-4-17(20(13)28-16)27-10-18(23)24/h2-6,9,15-16,19,22H,7-8,10H2,1H3,(H,23,24). The molecular weight excluding hydrogens is 418 g/mol. The number of ether oxygens (including phenoxy) is 2. The van der Waals surface area contributed by atoms with Crippen LogP contribution in [0.25, 0.3) is 0 Å². The molecule has 1 saturated carbocycles. The van der Waals surface area contributed by atoms with Crippen LogP contribution in [0, 0.1) is 6.92 Å². The number of carbonyl (C=O) groups is 1. The van der Waals surface area contributed by atoms with Gasteiger partial charge in [-0.2, -0.15) is 0 Å². The van der Waals surface area contributed by atoms with E-state index >= 15 is 0 Å². The van der Waals surface area contributed by atoms with E-state index in [1.165, 1.54) is 12.1 Å². The summed E-state index contributed by atoms with van der Waals surface area (Å²) in [6, 6.07) is 9.58. The van der Waals surface area contributed by atoms with Crippen molar-refractivity contribution in [3.8, 4) is 11.5 Å². The normalized spacial score (nSPS) is 22.6. The van der Waals surface area contributed by atoms with Crippen LogP contribution in [0.1, 0.15) is 29.9 Å². The Labute approximate surface area is 173 Å². The van der Waals surface area contributed by atoms with Gasteiger partial charge in [-0.3, -0.25) is 0 Å². The molecule has 0 aromatic heterocycles. The number of aryl methyl sites for hydroxylation is 1. The highest BCUT2D eigenvalue weighted by Gasteiger charge is 2.47. The monoisotopic (exact) mass is 437 g/mol. The van der Waals surface area contributed by atoms with Gasteiger partial charge in [0.05, 0.1) is 4.90 Å². The van der Waals surface area contributed by atoms with Crippen LogP contribution in [-0.2, 0) is 14.8 Å². The lowest BCUT2D eigenvalue weighted by Crippen LogP contribution is -2.37. The minimum Gasteiger partial charge on any atom is -0.486 e. The zero-order chi connectivity index (χ0) is 20.8. The van der Waals surface area contributed by atoms with Gasteiger partial charge in [-0.05, 0) is 43.5 Å². The van der Waals surface area contributed by atoms with Gasteiger partial charge in [0.2, 0.25) is 10.0 Å². The first-order valence-electron chi connectivity index (χ1n) is 9.19. The van der Waals surface area contributed by atoms with Gasteiger partial charge < -0.3 is 14.6 Å². The second kappa shape index (κ2) is 7.51. The second-order valence-electron chi connectivity index (χ2n) is 7.26. The van der Waals surface area contributed by atoms with Gasteiger partial charge in [0.25, 0.3) is 0 Å². The van der Waals surface area contributed by atoms with Crippen molar-refractivity contribution >= 4 is 27.6 Å². The zero-order valence-electron chi connectivity index (χ0n) is 15.6. The molecule has 1 aliphatic heterocycles. The van der Waals surface area contributed by atoms with Crippen molar-refractivity contribution in [3.63, 3.8) is 0 Å². The molecule has 29 heavy (non-hydrogen) atoms. The van der Waals surface area contributed by atoms with E-state index in [0.29, 0.717) is 29.4 Å². The average molecular weight is 438 g/mol. The SMILES string of the molecule is Cc1ccc(S(=O)(=O)NC2CCC3Oc4c(OCC(=O)O)cccc4C23)cc1Cl. The molecule has 1 fully saturated rings. The molecule has 2 N–H and O–H groups in total. The Morgan fingerprint density at radius 2 is 2.10 bits per heavy atom. The molecule has 3 unspecified atom stereocenters. The lowest BCUT2D eigenvalue weighted by atomic mass is 9.94. The third-order valence-corrected chi connectivity index (χ3v) is 7.24. The maximum atomic E-state index is 12.9. The summed E-state index contributed by atoms with van der Waals surface area (Å²) in [6.45, 7) is 1.34. The number of aliphatic carboxylic acids is 1. The molecular formula is C20H20ClNO6S. The van der Waals surface area contributed by atoms with Crippen LogP contribution in [0.15, 0.2) is 41.3 Å². The number of benzene rings is 2. The lowest BCUT2D eigenvalue weighted by Gasteiger charge is -2.20. The van der Waals surface area contributed by atoms with Crippen LogP contribution in [0.3, 0.4) is 0 Å². The number of hydrogen-bond acceptors (Lipinski definition) is 5. The summed E-state index contributed by atoms with van der Waals surface area (Å²) in [6.07, 6.45) is 1.13. The summed E-state index contributed by atoms with van der Waals surface area (Å²) in [4.78, 5) is 10.9. The van der Waals surface area contributed by atoms with Crippen molar-refractivity contribution in [2.75, 3.05) is 6.61 Å². The topological polar surface area (TPSA) is 102 Å². The first-order chi connectivity index (χ1) is 13.8. The quantitative estimate of drug-likeness (QED) is 0.720. The summed E-state index contributed by atoms with van der Waals surface area (Å²) < 4.78 is 39.9. The number of hydrogen-bond donors (Lipinski definition) is 2. The molecule has 0 spiro atoms. The Morgan fingerprint density at radius 3 is 2.83 bits per heavy atom. The van der Waals surface area contributed by atoms with E-state index in [2.05, 4.69) is 4.72 Å². The Hall–Kier alpha value is -2.29. The van der Waals surface area contributed by atoms with Gasteiger partial charge in [0.15, 0.2) is 18.1 Å². The first kappa shape index (κ1) is 20.0. The predicted molar refractivity (Wildman–Crippen MR) is 106 cm³/mol. The number of para-hydroxylation sites is 1. The van der Waals surface area contributed by atoms with Crippen LogP contribution >= 0.6 is 11.6 Å². The van der Waals surface area contributed by atoms with Crippen molar-refractivity contribution in [1.29, 1.82) is 0 Å². The van der Waals surface area contributed by atoms with Crippen LogP contribution in [0.2, 0.25) is 5.02 Å². The van der Waals surface area contributed by atoms with Crippen molar-refractivity contribution in [2.24, 2.45) is 0 Å². The molecule has 0 radical (unpaired) electrons. The van der Waals surface area contributed by atoms with Gasteiger partial charge >= 0.3 is 5.97 Å². The van der Waals surface area contributed by atoms with Crippen molar-refractivity contribution < 1.29 is 27.8 Å². The number of nitrogens with one attached hydrogen (secondary N) is 1. The van der Waals surface area contributed by atoms with Crippen LogP contribution < -0.4 is 14.2 Å². The summed E-state index contributed by atoms with van der Waals surface area (Å²) >= 11 is 6.09. The fourth-order valence-electron chi connectivity index (χ4n) is 3.98. The van der Waals surface area contributed by atoms with E-state index in [0.717, 1.165) is 11.1 Å². The van der Waals surface area contributed by atoms with Crippen LogP contribution in [0.5, 0.6) is 11.5 Å². The van der Waals surface area contributed by atoms with E-state index in [1.807, 2.05) is 13.0 Å². The van der Waals surface area contributed by atoms with E-state index in [4.69, 9.17) is 26.2 Å². The molecule has 0 bridgehead atoms. The highest BCUT2D eigenvalue weighted by Crippen LogP contribution is 2.51. The minimum atomic E-state index is -3.75. The number of carboxylic acid groups (broad SMARTS) is 1. The van der Waals surface area contributed by atoms with Gasteiger partial charge in [0, 0.05) is 22.5 Å². The molecule has 0 amide bonds. The molecule has 7 nitrogen and oxygen atoms in total. The molecule has 9 heteroatoms. The summed E-state index contributed by atoms with van der Waals surface area (Å²) in [5.74, 6) is -0.408. The molecule has 2 aliphatic rings. The number of rotatable bonds is 6. The summed E-state index contributed by atoms with van der Waals surface area (Å²) in [5.41, 5.74) is 1.63. The smallest absolute Gasteiger partial charge is 0.341 e. The minimum absolute atomic E-state index is 0.120. The highest BCUT2D eigenvalue weighted by molar-refractivity contribution is 7.89. The predicted octanol–water partition coefficient (Wildman–Crippen LogP) is 3.10. The summed E-state index contributed by atoms with van der Waals surface area (Å²) in [5, 5.41) is 9.24.